The van der Waals surface area contributed by atoms with Crippen LogP contribution in [-0.4, -0.2) is 64.8 Å². The van der Waals surface area contributed by atoms with Crippen molar-refractivity contribution in [3.63, 3.8) is 0 Å². The number of rotatable bonds is 4. The summed E-state index contributed by atoms with van der Waals surface area (Å²) in [6.07, 6.45) is 3.54. The second-order valence-corrected chi connectivity index (χ2v) is 9.93. The van der Waals surface area contributed by atoms with Crippen LogP contribution in [-0.2, 0) is 4.79 Å². The third-order valence-electron chi connectivity index (χ3n) is 7.38. The van der Waals surface area contributed by atoms with Crippen LogP contribution in [0.5, 0.6) is 0 Å². The molecule has 2 aromatic heterocycles. The Morgan fingerprint density at radius 2 is 1.79 bits per heavy atom. The molecule has 0 saturated carbocycles. The number of nitrogens with one attached hydrogen (secondary N) is 2. The minimum absolute atomic E-state index is 0.0330. The number of nitrogens with zero attached hydrogens (tertiary/aromatic N) is 3. The van der Waals surface area contributed by atoms with Crippen molar-refractivity contribution in [1.29, 1.82) is 0 Å². The van der Waals surface area contributed by atoms with Gasteiger partial charge in [-0.05, 0) is 50.7 Å². The maximum Gasteiger partial charge on any atom is 0.256 e. The summed E-state index contributed by atoms with van der Waals surface area (Å²) in [7, 11) is 2.07. The lowest BCUT2D eigenvalue weighted by molar-refractivity contribution is -0.110. The summed E-state index contributed by atoms with van der Waals surface area (Å²) in [5.74, 6) is 1.01. The SMILES string of the molecule is Cc1[nH]c(C=C2C(=O)Nc3ccc(-c4ncc(-c5ccccc5)o4)cc32)c(C)c1C(=O)N1CCN(C)CC1. The van der Waals surface area contributed by atoms with E-state index in [-0.39, 0.29) is 11.8 Å². The summed E-state index contributed by atoms with van der Waals surface area (Å²) in [6, 6.07) is 15.5. The first-order valence-corrected chi connectivity index (χ1v) is 12.7. The molecule has 192 valence electrons. The molecule has 2 aromatic carbocycles. The van der Waals surface area contributed by atoms with Gasteiger partial charge in [0.15, 0.2) is 5.76 Å². The highest BCUT2D eigenvalue weighted by Gasteiger charge is 2.28. The number of hydrogen-bond acceptors (Lipinski definition) is 5. The third kappa shape index (κ3) is 4.22. The largest absolute Gasteiger partial charge is 0.436 e. The van der Waals surface area contributed by atoms with E-state index in [1.165, 1.54) is 0 Å². The zero-order valence-corrected chi connectivity index (χ0v) is 21.7. The molecule has 0 spiro atoms. The zero-order chi connectivity index (χ0) is 26.4. The van der Waals surface area contributed by atoms with Crippen LogP contribution in [0.4, 0.5) is 5.69 Å². The van der Waals surface area contributed by atoms with E-state index < -0.39 is 0 Å². The highest BCUT2D eigenvalue weighted by molar-refractivity contribution is 6.35. The van der Waals surface area contributed by atoms with Gasteiger partial charge in [-0.15, -0.1) is 0 Å². The van der Waals surface area contributed by atoms with Crippen LogP contribution in [0.2, 0.25) is 0 Å². The molecule has 1 saturated heterocycles. The smallest absolute Gasteiger partial charge is 0.256 e. The number of amides is 2. The van der Waals surface area contributed by atoms with E-state index >= 15 is 0 Å². The molecule has 2 aliphatic rings. The Bertz CT molecular complexity index is 1570. The van der Waals surface area contributed by atoms with E-state index in [1.807, 2.05) is 73.4 Å². The Kier molecular flexibility index (Phi) is 5.96. The van der Waals surface area contributed by atoms with Crippen molar-refractivity contribution >= 4 is 29.2 Å². The quantitative estimate of drug-likeness (QED) is 0.386. The molecule has 2 amide bonds. The molecule has 4 aromatic rings. The van der Waals surface area contributed by atoms with Crippen molar-refractivity contribution in [2.45, 2.75) is 13.8 Å². The number of H-pyrrole nitrogens is 1. The number of benzene rings is 2. The molecular formula is C30H29N5O3. The van der Waals surface area contributed by atoms with Crippen molar-refractivity contribution in [2.24, 2.45) is 0 Å². The highest BCUT2D eigenvalue weighted by atomic mass is 16.4. The molecule has 8 heteroatoms. The van der Waals surface area contributed by atoms with E-state index in [1.54, 1.807) is 6.20 Å². The first-order chi connectivity index (χ1) is 18.4. The average Bonchev–Trinajstić information content (AvgIpc) is 3.61. The number of piperazine rings is 1. The van der Waals surface area contributed by atoms with Crippen molar-refractivity contribution in [3.8, 4) is 22.8 Å². The minimum atomic E-state index is -0.187. The lowest BCUT2D eigenvalue weighted by Gasteiger charge is -2.32. The van der Waals surface area contributed by atoms with Gasteiger partial charge in [0.2, 0.25) is 5.89 Å². The van der Waals surface area contributed by atoms with Gasteiger partial charge in [-0.2, -0.15) is 0 Å². The Hall–Kier alpha value is -4.43. The third-order valence-corrected chi connectivity index (χ3v) is 7.38. The fourth-order valence-corrected chi connectivity index (χ4v) is 5.16. The molecule has 0 atom stereocenters. The second-order valence-electron chi connectivity index (χ2n) is 9.93. The molecular weight excluding hydrogens is 478 g/mol. The number of aryl methyl sites for hydroxylation is 1. The number of fused-ring (bicyclic) bond motifs is 1. The fraction of sp³-hybridized carbons (Fsp3) is 0.233. The minimum Gasteiger partial charge on any atom is -0.436 e. The predicted molar refractivity (Wildman–Crippen MR) is 148 cm³/mol. The maximum absolute atomic E-state index is 13.3. The maximum atomic E-state index is 13.3. The van der Waals surface area contributed by atoms with Gasteiger partial charge in [0, 0.05) is 59.9 Å². The summed E-state index contributed by atoms with van der Waals surface area (Å²) in [6.45, 7) is 6.99. The molecule has 1 fully saturated rings. The van der Waals surface area contributed by atoms with Crippen LogP contribution in [0, 0.1) is 13.8 Å². The Morgan fingerprint density at radius 1 is 1.03 bits per heavy atom. The van der Waals surface area contributed by atoms with Crippen LogP contribution in [0.15, 0.2) is 59.1 Å². The van der Waals surface area contributed by atoms with E-state index in [2.05, 4.69) is 27.2 Å². The number of likely N-dealkylation sites (N-methyl/N-ethyl adjacent to an activating group) is 1. The Morgan fingerprint density at radius 3 is 2.55 bits per heavy atom. The normalized spacial score (nSPS) is 16.7. The molecule has 2 aliphatic heterocycles. The van der Waals surface area contributed by atoms with Gasteiger partial charge >= 0.3 is 0 Å². The van der Waals surface area contributed by atoms with Crippen LogP contribution in [0.3, 0.4) is 0 Å². The highest BCUT2D eigenvalue weighted by Crippen LogP contribution is 2.37. The van der Waals surface area contributed by atoms with Gasteiger partial charge in [0.25, 0.3) is 11.8 Å². The number of hydrogen-bond donors (Lipinski definition) is 2. The molecule has 38 heavy (non-hydrogen) atoms. The summed E-state index contributed by atoms with van der Waals surface area (Å²) in [5.41, 5.74) is 6.84. The number of anilines is 1. The summed E-state index contributed by atoms with van der Waals surface area (Å²) in [5, 5.41) is 2.94. The number of oxazole rings is 1. The van der Waals surface area contributed by atoms with Crippen molar-refractivity contribution < 1.29 is 14.0 Å². The fourth-order valence-electron chi connectivity index (χ4n) is 5.16. The first-order valence-electron chi connectivity index (χ1n) is 12.7. The lowest BCUT2D eigenvalue weighted by Crippen LogP contribution is -2.47. The molecule has 4 heterocycles. The van der Waals surface area contributed by atoms with E-state index in [4.69, 9.17) is 4.42 Å². The molecule has 0 unspecified atom stereocenters. The monoisotopic (exact) mass is 507 g/mol. The Labute approximate surface area is 221 Å². The van der Waals surface area contributed by atoms with Gasteiger partial charge in [0.1, 0.15) is 0 Å². The van der Waals surface area contributed by atoms with Crippen molar-refractivity contribution in [2.75, 3.05) is 38.5 Å². The summed E-state index contributed by atoms with van der Waals surface area (Å²) in [4.78, 5) is 38.3. The number of aromatic nitrogens is 2. The van der Waals surface area contributed by atoms with Crippen LogP contribution >= 0.6 is 0 Å². The van der Waals surface area contributed by atoms with Crippen LogP contribution in [0.1, 0.15) is 32.9 Å². The van der Waals surface area contributed by atoms with E-state index in [0.29, 0.717) is 35.9 Å². The van der Waals surface area contributed by atoms with Gasteiger partial charge in [-0.25, -0.2) is 4.98 Å². The van der Waals surface area contributed by atoms with Crippen molar-refractivity contribution in [1.82, 2.24) is 19.8 Å². The zero-order valence-electron chi connectivity index (χ0n) is 21.7. The van der Waals surface area contributed by atoms with E-state index in [9.17, 15) is 9.59 Å². The number of carbonyl (C=O) groups excluding carboxylic acids is 2. The van der Waals surface area contributed by atoms with Gasteiger partial charge in [-0.1, -0.05) is 30.3 Å². The van der Waals surface area contributed by atoms with Crippen LogP contribution < -0.4 is 5.32 Å². The first kappa shape index (κ1) is 23.9. The Balaban J connectivity index is 1.32. The molecule has 0 aliphatic carbocycles. The molecule has 0 radical (unpaired) electrons. The molecule has 0 bridgehead atoms. The molecule has 6 rings (SSSR count). The van der Waals surface area contributed by atoms with Gasteiger partial charge in [0.05, 0.1) is 17.3 Å². The number of carbonyl (C=O) groups is 2. The van der Waals surface area contributed by atoms with Crippen molar-refractivity contribution in [3.05, 3.63) is 82.8 Å². The second kappa shape index (κ2) is 9.46. The summed E-state index contributed by atoms with van der Waals surface area (Å²) < 4.78 is 6.04. The number of aromatic amines is 1. The molecule has 8 nitrogen and oxygen atoms in total. The average molecular weight is 508 g/mol. The standard InChI is InChI=1S/C30H29N5O3/c1-18-25(32-19(2)27(18)30(37)35-13-11-34(3)12-14-35)16-23-22-15-21(9-10-24(22)33-28(23)36)29-31-17-26(38-29)20-7-5-4-6-8-20/h4-10,15-17,32H,11-14H2,1-3H3,(H,33,36). The predicted octanol–water partition coefficient (Wildman–Crippen LogP) is 4.83. The summed E-state index contributed by atoms with van der Waals surface area (Å²) >= 11 is 0. The van der Waals surface area contributed by atoms with Gasteiger partial charge in [-0.3, -0.25) is 9.59 Å². The lowest BCUT2D eigenvalue weighted by atomic mass is 10.0. The van der Waals surface area contributed by atoms with Gasteiger partial charge < -0.3 is 24.5 Å². The van der Waals surface area contributed by atoms with E-state index in [0.717, 1.165) is 52.4 Å². The topological polar surface area (TPSA) is 94.5 Å². The van der Waals surface area contributed by atoms with Crippen LogP contribution in [0.25, 0.3) is 34.4 Å². The molecule has 2 N–H and O–H groups in total.